The van der Waals surface area contributed by atoms with E-state index in [1.807, 2.05) is 34.0 Å². The van der Waals surface area contributed by atoms with Gasteiger partial charge in [0.1, 0.15) is 0 Å². The Bertz CT molecular complexity index is 1460. The van der Waals surface area contributed by atoms with Crippen molar-refractivity contribution in [3.05, 3.63) is 71.8 Å². The molecule has 0 unspecified atom stereocenters. The number of aryl methyl sites for hydroxylation is 2. The van der Waals surface area contributed by atoms with Crippen LogP contribution in [0.5, 0.6) is 0 Å². The predicted molar refractivity (Wildman–Crippen MR) is 217 cm³/mol. The molecule has 3 heteroatoms. The van der Waals surface area contributed by atoms with E-state index in [1.54, 1.807) is 0 Å². The van der Waals surface area contributed by atoms with Gasteiger partial charge in [0.05, 0.1) is 9.40 Å². The molecule has 0 fully saturated rings. The summed E-state index contributed by atoms with van der Waals surface area (Å²) in [6, 6.07) is 23.4. The molecule has 0 nitrogen and oxygen atoms in total. The standard InChI is InChI=1S/C44H60S3/c1-3-5-7-9-11-13-15-17-19-21-27-35-29-23-25-31-37(35)39-33-41-43(46-39)44-42(45-41)34-40(47-44)38-32-26-24-30-36(38)28-22-20-18-16-14-12-10-8-6-4-2/h23-26,29-34H,3-22,27-28H2,1-2H3. The molecule has 0 amide bonds. The lowest BCUT2D eigenvalue weighted by Gasteiger charge is -2.08. The monoisotopic (exact) mass is 684 g/mol. The summed E-state index contributed by atoms with van der Waals surface area (Å²) in [6.45, 7) is 4.61. The predicted octanol–water partition coefficient (Wildman–Crippen LogP) is 16.4. The first-order chi connectivity index (χ1) is 23.3. The maximum Gasteiger partial charge on any atom is 0.0636 e. The lowest BCUT2D eigenvalue weighted by Crippen LogP contribution is -1.90. The van der Waals surface area contributed by atoms with Crippen molar-refractivity contribution in [1.82, 2.24) is 0 Å². The van der Waals surface area contributed by atoms with Gasteiger partial charge in [0.15, 0.2) is 0 Å². The zero-order chi connectivity index (χ0) is 32.5. The Kier molecular flexibility index (Phi) is 15.9. The normalized spacial score (nSPS) is 11.8. The summed E-state index contributed by atoms with van der Waals surface area (Å²) in [4.78, 5) is 2.90. The van der Waals surface area contributed by atoms with Gasteiger partial charge in [0, 0.05) is 19.2 Å². The van der Waals surface area contributed by atoms with E-state index < -0.39 is 0 Å². The van der Waals surface area contributed by atoms with Crippen LogP contribution in [0, 0.1) is 0 Å². The summed E-state index contributed by atoms with van der Waals surface area (Å²) in [5, 5.41) is 0. The van der Waals surface area contributed by atoms with E-state index in [4.69, 9.17) is 0 Å². The molecular formula is C44H60S3. The van der Waals surface area contributed by atoms with Gasteiger partial charge < -0.3 is 0 Å². The van der Waals surface area contributed by atoms with E-state index in [1.165, 1.54) is 192 Å². The van der Waals surface area contributed by atoms with Gasteiger partial charge in [-0.25, -0.2) is 0 Å². The Balaban J connectivity index is 1.15. The molecule has 0 saturated carbocycles. The Hall–Kier alpha value is -1.94. The van der Waals surface area contributed by atoms with Crippen LogP contribution in [0.3, 0.4) is 0 Å². The van der Waals surface area contributed by atoms with Crippen molar-refractivity contribution in [2.45, 2.75) is 155 Å². The Morgan fingerprint density at radius 1 is 0.383 bits per heavy atom. The average Bonchev–Trinajstić information content (AvgIpc) is 3.78. The number of benzene rings is 2. The fourth-order valence-corrected chi connectivity index (χ4v) is 11.3. The maximum atomic E-state index is 2.48. The number of fused-ring (bicyclic) bond motifs is 3. The summed E-state index contributed by atoms with van der Waals surface area (Å²) in [7, 11) is 0. The van der Waals surface area contributed by atoms with Crippen LogP contribution in [0.15, 0.2) is 60.7 Å². The molecule has 3 aromatic heterocycles. The topological polar surface area (TPSA) is 0 Å². The molecule has 47 heavy (non-hydrogen) atoms. The number of thiophene rings is 3. The zero-order valence-electron chi connectivity index (χ0n) is 29.6. The van der Waals surface area contributed by atoms with E-state index in [9.17, 15) is 0 Å². The average molecular weight is 685 g/mol. The molecule has 0 aliphatic rings. The van der Waals surface area contributed by atoms with E-state index in [2.05, 4.69) is 74.5 Å². The molecule has 254 valence electrons. The van der Waals surface area contributed by atoms with E-state index >= 15 is 0 Å². The molecule has 0 saturated heterocycles. The zero-order valence-corrected chi connectivity index (χ0v) is 32.0. The summed E-state index contributed by atoms with van der Waals surface area (Å²) in [6.07, 6.45) is 30.3. The summed E-state index contributed by atoms with van der Waals surface area (Å²) in [5.74, 6) is 0. The van der Waals surface area contributed by atoms with E-state index in [-0.39, 0.29) is 0 Å². The summed E-state index contributed by atoms with van der Waals surface area (Å²) in [5.41, 5.74) is 5.99. The van der Waals surface area contributed by atoms with Crippen molar-refractivity contribution in [2.75, 3.05) is 0 Å². The van der Waals surface area contributed by atoms with Crippen molar-refractivity contribution >= 4 is 52.8 Å². The molecule has 5 aromatic rings. The molecule has 0 bridgehead atoms. The third-order valence-corrected chi connectivity index (χ3v) is 13.8. The fraction of sp³-hybridized carbons (Fsp3) is 0.545. The van der Waals surface area contributed by atoms with Gasteiger partial charge in [-0.1, -0.05) is 178 Å². The van der Waals surface area contributed by atoms with Gasteiger partial charge in [-0.2, -0.15) is 0 Å². The SMILES string of the molecule is CCCCCCCCCCCCc1ccccc1-c1cc2sc3cc(-c4ccccc4CCCCCCCCCCCC)sc3c2s1. The quantitative estimate of drug-likeness (QED) is 0.0568. The molecule has 0 spiro atoms. The van der Waals surface area contributed by atoms with E-state index in [0.717, 1.165) is 0 Å². The largest absolute Gasteiger partial charge is 0.133 e. The smallest absolute Gasteiger partial charge is 0.0636 e. The van der Waals surface area contributed by atoms with Gasteiger partial charge in [0.25, 0.3) is 0 Å². The van der Waals surface area contributed by atoms with Crippen molar-refractivity contribution in [3.8, 4) is 20.9 Å². The molecule has 0 radical (unpaired) electrons. The highest BCUT2D eigenvalue weighted by Crippen LogP contribution is 2.48. The van der Waals surface area contributed by atoms with Gasteiger partial charge in [0.2, 0.25) is 0 Å². The van der Waals surface area contributed by atoms with Gasteiger partial charge in [-0.05, 0) is 60.1 Å². The van der Waals surface area contributed by atoms with E-state index in [0.29, 0.717) is 0 Å². The fourth-order valence-electron chi connectivity index (χ4n) is 7.16. The highest BCUT2D eigenvalue weighted by molar-refractivity contribution is 7.40. The van der Waals surface area contributed by atoms with Gasteiger partial charge in [-0.15, -0.1) is 34.0 Å². The first-order valence-electron chi connectivity index (χ1n) is 19.4. The van der Waals surface area contributed by atoms with Crippen LogP contribution in [0.4, 0.5) is 0 Å². The van der Waals surface area contributed by atoms with Crippen LogP contribution in [-0.4, -0.2) is 0 Å². The molecule has 0 N–H and O–H groups in total. The molecule has 0 atom stereocenters. The number of hydrogen-bond donors (Lipinski definition) is 0. The summed E-state index contributed by atoms with van der Waals surface area (Å²) < 4.78 is 5.92. The first-order valence-corrected chi connectivity index (χ1v) is 21.9. The summed E-state index contributed by atoms with van der Waals surface area (Å²) >= 11 is 6.04. The Morgan fingerprint density at radius 3 is 1.11 bits per heavy atom. The van der Waals surface area contributed by atoms with Crippen LogP contribution in [0.25, 0.3) is 39.7 Å². The third-order valence-electron chi connectivity index (χ3n) is 9.99. The van der Waals surface area contributed by atoms with Crippen molar-refractivity contribution in [1.29, 1.82) is 0 Å². The second-order valence-corrected chi connectivity index (χ2v) is 17.1. The van der Waals surface area contributed by atoms with Gasteiger partial charge >= 0.3 is 0 Å². The number of unbranched alkanes of at least 4 members (excludes halogenated alkanes) is 18. The van der Waals surface area contributed by atoms with Crippen LogP contribution in [-0.2, 0) is 12.8 Å². The molecule has 0 aliphatic heterocycles. The van der Waals surface area contributed by atoms with Crippen molar-refractivity contribution in [3.63, 3.8) is 0 Å². The minimum absolute atomic E-state index is 1.20. The molecule has 3 heterocycles. The van der Waals surface area contributed by atoms with Gasteiger partial charge in [-0.3, -0.25) is 0 Å². The minimum atomic E-state index is 1.20. The van der Waals surface area contributed by atoms with Crippen LogP contribution < -0.4 is 0 Å². The van der Waals surface area contributed by atoms with Crippen LogP contribution >= 0.6 is 34.0 Å². The van der Waals surface area contributed by atoms with Crippen LogP contribution in [0.2, 0.25) is 0 Å². The van der Waals surface area contributed by atoms with Crippen molar-refractivity contribution < 1.29 is 0 Å². The maximum absolute atomic E-state index is 2.48. The molecule has 5 rings (SSSR count). The number of hydrogen-bond acceptors (Lipinski definition) is 3. The second kappa shape index (κ2) is 20.5. The van der Waals surface area contributed by atoms with Crippen molar-refractivity contribution in [2.24, 2.45) is 0 Å². The third kappa shape index (κ3) is 11.0. The lowest BCUT2D eigenvalue weighted by molar-refractivity contribution is 0.556. The second-order valence-electron chi connectivity index (χ2n) is 13.9. The number of rotatable bonds is 24. The Labute approximate surface area is 299 Å². The molecule has 0 aliphatic carbocycles. The molecule has 2 aromatic carbocycles. The highest BCUT2D eigenvalue weighted by Gasteiger charge is 2.17. The highest BCUT2D eigenvalue weighted by atomic mass is 32.1. The van der Waals surface area contributed by atoms with Crippen LogP contribution in [0.1, 0.15) is 153 Å². The minimum Gasteiger partial charge on any atom is -0.133 e. The first kappa shape index (κ1) is 36.3. The molecular weight excluding hydrogens is 625 g/mol. The lowest BCUT2D eigenvalue weighted by atomic mass is 9.99. The Morgan fingerprint density at radius 2 is 0.723 bits per heavy atom.